The second kappa shape index (κ2) is 4.47. The molecule has 0 saturated carbocycles. The van der Waals surface area contributed by atoms with Crippen LogP contribution in [-0.4, -0.2) is 20.6 Å². The van der Waals surface area contributed by atoms with Crippen molar-refractivity contribution in [2.24, 2.45) is 7.05 Å². The zero-order valence-electron chi connectivity index (χ0n) is 8.92. The topological polar surface area (TPSA) is 64.4 Å². The molecule has 88 valence electrons. The molecular formula is C11H9ClN2O3. The SMILES string of the molecule is Cn1c(C(=O)O)cnc1Oc1ccccc1Cl. The van der Waals surface area contributed by atoms with Gasteiger partial charge in [-0.3, -0.25) is 4.57 Å². The van der Waals surface area contributed by atoms with Gasteiger partial charge in [0, 0.05) is 7.05 Å². The van der Waals surface area contributed by atoms with Gasteiger partial charge >= 0.3 is 12.0 Å². The Bertz CT molecular complexity index is 566. The van der Waals surface area contributed by atoms with Crippen molar-refractivity contribution in [2.45, 2.75) is 0 Å². The van der Waals surface area contributed by atoms with Gasteiger partial charge < -0.3 is 9.84 Å². The third-order valence-electron chi connectivity index (χ3n) is 2.20. The fourth-order valence-electron chi connectivity index (χ4n) is 1.31. The van der Waals surface area contributed by atoms with Gasteiger partial charge in [-0.25, -0.2) is 9.78 Å². The van der Waals surface area contributed by atoms with Crippen molar-refractivity contribution in [1.29, 1.82) is 0 Å². The number of nitrogens with zero attached hydrogens (tertiary/aromatic N) is 2. The number of carbonyl (C=O) groups is 1. The molecule has 0 amide bonds. The highest BCUT2D eigenvalue weighted by molar-refractivity contribution is 6.32. The van der Waals surface area contributed by atoms with Gasteiger partial charge in [0.15, 0.2) is 0 Å². The Morgan fingerprint density at radius 1 is 1.47 bits per heavy atom. The van der Waals surface area contributed by atoms with E-state index in [-0.39, 0.29) is 11.7 Å². The van der Waals surface area contributed by atoms with Crippen LogP contribution in [0.3, 0.4) is 0 Å². The second-order valence-electron chi connectivity index (χ2n) is 3.32. The van der Waals surface area contributed by atoms with Crippen molar-refractivity contribution in [3.63, 3.8) is 0 Å². The van der Waals surface area contributed by atoms with E-state index < -0.39 is 5.97 Å². The highest BCUT2D eigenvalue weighted by Gasteiger charge is 2.14. The Balaban J connectivity index is 2.31. The van der Waals surface area contributed by atoms with Crippen molar-refractivity contribution >= 4 is 17.6 Å². The molecule has 0 saturated heterocycles. The van der Waals surface area contributed by atoms with Crippen molar-refractivity contribution in [1.82, 2.24) is 9.55 Å². The molecule has 0 aliphatic heterocycles. The molecule has 0 fully saturated rings. The summed E-state index contributed by atoms with van der Waals surface area (Å²) in [7, 11) is 1.56. The molecule has 1 aromatic heterocycles. The summed E-state index contributed by atoms with van der Waals surface area (Å²) in [4.78, 5) is 14.7. The molecule has 0 aliphatic rings. The van der Waals surface area contributed by atoms with Crippen LogP contribution in [0.15, 0.2) is 30.5 Å². The number of hydrogen-bond acceptors (Lipinski definition) is 3. The molecule has 1 N–H and O–H groups in total. The van der Waals surface area contributed by atoms with Crippen LogP contribution in [0.25, 0.3) is 0 Å². The third-order valence-corrected chi connectivity index (χ3v) is 2.51. The van der Waals surface area contributed by atoms with Crippen LogP contribution in [-0.2, 0) is 7.05 Å². The van der Waals surface area contributed by atoms with E-state index in [1.165, 1.54) is 10.8 Å². The fourth-order valence-corrected chi connectivity index (χ4v) is 1.49. The first-order chi connectivity index (χ1) is 8.09. The molecule has 6 heteroatoms. The lowest BCUT2D eigenvalue weighted by molar-refractivity contribution is 0.0685. The Morgan fingerprint density at radius 2 is 2.18 bits per heavy atom. The zero-order chi connectivity index (χ0) is 12.4. The van der Waals surface area contributed by atoms with Gasteiger partial charge in [0.1, 0.15) is 11.4 Å². The van der Waals surface area contributed by atoms with Crippen LogP contribution in [0.1, 0.15) is 10.5 Å². The van der Waals surface area contributed by atoms with Crippen LogP contribution in [0, 0.1) is 0 Å². The number of para-hydroxylation sites is 1. The first-order valence-corrected chi connectivity index (χ1v) is 5.15. The number of halogens is 1. The van der Waals surface area contributed by atoms with Crippen LogP contribution >= 0.6 is 11.6 Å². The number of aromatic nitrogens is 2. The van der Waals surface area contributed by atoms with E-state index >= 15 is 0 Å². The standard InChI is InChI=1S/C11H9ClN2O3/c1-14-8(10(15)16)6-13-11(14)17-9-5-3-2-4-7(9)12/h2-6H,1H3,(H,15,16). The average molecular weight is 253 g/mol. The summed E-state index contributed by atoms with van der Waals surface area (Å²) in [6.45, 7) is 0. The minimum atomic E-state index is -1.06. The molecule has 0 spiro atoms. The van der Waals surface area contributed by atoms with E-state index in [0.29, 0.717) is 10.8 Å². The summed E-state index contributed by atoms with van der Waals surface area (Å²) in [5, 5.41) is 9.29. The number of imidazole rings is 1. The van der Waals surface area contributed by atoms with E-state index in [0.717, 1.165) is 0 Å². The Labute approximate surface area is 102 Å². The quantitative estimate of drug-likeness (QED) is 0.912. The van der Waals surface area contributed by atoms with Crippen molar-refractivity contribution in [2.75, 3.05) is 0 Å². The molecule has 2 aromatic rings. The molecule has 0 atom stereocenters. The maximum Gasteiger partial charge on any atom is 0.354 e. The lowest BCUT2D eigenvalue weighted by atomic mass is 10.3. The summed E-state index contributed by atoms with van der Waals surface area (Å²) in [5.41, 5.74) is 0.0482. The van der Waals surface area contributed by atoms with Crippen LogP contribution in [0.2, 0.25) is 5.02 Å². The summed E-state index contributed by atoms with van der Waals surface area (Å²) < 4.78 is 6.77. The Morgan fingerprint density at radius 3 is 2.76 bits per heavy atom. The lowest BCUT2D eigenvalue weighted by Gasteiger charge is -2.06. The monoisotopic (exact) mass is 252 g/mol. The fraction of sp³-hybridized carbons (Fsp3) is 0.0909. The first-order valence-electron chi connectivity index (χ1n) is 4.77. The van der Waals surface area contributed by atoms with Gasteiger partial charge in [-0.05, 0) is 12.1 Å². The van der Waals surface area contributed by atoms with E-state index in [1.54, 1.807) is 31.3 Å². The number of carboxylic acids is 1. The molecule has 0 unspecified atom stereocenters. The smallest absolute Gasteiger partial charge is 0.354 e. The van der Waals surface area contributed by atoms with Gasteiger partial charge in [0.05, 0.1) is 11.2 Å². The zero-order valence-corrected chi connectivity index (χ0v) is 9.68. The number of benzene rings is 1. The normalized spacial score (nSPS) is 10.2. The van der Waals surface area contributed by atoms with Crippen molar-refractivity contribution in [3.05, 3.63) is 41.2 Å². The highest BCUT2D eigenvalue weighted by Crippen LogP contribution is 2.28. The van der Waals surface area contributed by atoms with Gasteiger partial charge in [-0.2, -0.15) is 0 Å². The number of ether oxygens (including phenoxy) is 1. The second-order valence-corrected chi connectivity index (χ2v) is 3.73. The van der Waals surface area contributed by atoms with E-state index in [2.05, 4.69) is 4.98 Å². The minimum Gasteiger partial charge on any atom is -0.477 e. The van der Waals surface area contributed by atoms with Gasteiger partial charge in [0.2, 0.25) is 0 Å². The van der Waals surface area contributed by atoms with Crippen LogP contribution in [0.5, 0.6) is 11.8 Å². The molecular weight excluding hydrogens is 244 g/mol. The van der Waals surface area contributed by atoms with Gasteiger partial charge in [-0.1, -0.05) is 23.7 Å². The number of rotatable bonds is 3. The van der Waals surface area contributed by atoms with Crippen molar-refractivity contribution < 1.29 is 14.6 Å². The van der Waals surface area contributed by atoms with Crippen LogP contribution in [0.4, 0.5) is 0 Å². The van der Waals surface area contributed by atoms with Gasteiger partial charge in [-0.15, -0.1) is 0 Å². The van der Waals surface area contributed by atoms with Crippen LogP contribution < -0.4 is 4.74 Å². The summed E-state index contributed by atoms with van der Waals surface area (Å²) in [6.07, 6.45) is 1.23. The Kier molecular flexibility index (Phi) is 3.01. The molecule has 2 rings (SSSR count). The predicted molar refractivity (Wildman–Crippen MR) is 61.7 cm³/mol. The summed E-state index contributed by atoms with van der Waals surface area (Å²) >= 11 is 5.92. The molecule has 1 heterocycles. The van der Waals surface area contributed by atoms with Gasteiger partial charge in [0.25, 0.3) is 0 Å². The van der Waals surface area contributed by atoms with E-state index in [9.17, 15) is 4.79 Å². The first kappa shape index (κ1) is 11.5. The molecule has 0 bridgehead atoms. The molecule has 5 nitrogen and oxygen atoms in total. The largest absolute Gasteiger partial charge is 0.477 e. The average Bonchev–Trinajstić information content (AvgIpc) is 2.64. The summed E-state index contributed by atoms with van der Waals surface area (Å²) in [5.74, 6) is -0.631. The predicted octanol–water partition coefficient (Wildman–Crippen LogP) is 2.56. The van der Waals surface area contributed by atoms with E-state index in [1.807, 2.05) is 0 Å². The number of hydrogen-bond donors (Lipinski definition) is 1. The van der Waals surface area contributed by atoms with E-state index in [4.69, 9.17) is 21.4 Å². The molecule has 0 aliphatic carbocycles. The minimum absolute atomic E-state index is 0.0482. The molecule has 17 heavy (non-hydrogen) atoms. The number of aromatic carboxylic acids is 1. The van der Waals surface area contributed by atoms with Crippen molar-refractivity contribution in [3.8, 4) is 11.8 Å². The number of carboxylic acid groups (broad SMARTS) is 1. The maximum absolute atomic E-state index is 10.8. The molecule has 0 radical (unpaired) electrons. The summed E-state index contributed by atoms with van der Waals surface area (Å²) in [6, 6.07) is 7.07. The molecule has 1 aromatic carbocycles. The maximum atomic E-state index is 10.8. The third kappa shape index (κ3) is 2.24. The Hall–Kier alpha value is -2.01. The lowest BCUT2D eigenvalue weighted by Crippen LogP contribution is -2.05. The highest BCUT2D eigenvalue weighted by atomic mass is 35.5.